The molecule has 0 aliphatic rings. The molecule has 19 heavy (non-hydrogen) atoms. The third-order valence-electron chi connectivity index (χ3n) is 2.44. The van der Waals surface area contributed by atoms with Crippen LogP contribution in [0.25, 0.3) is 0 Å². The summed E-state index contributed by atoms with van der Waals surface area (Å²) < 4.78 is 11.9. The van der Waals surface area contributed by atoms with Crippen LogP contribution in [0.4, 0.5) is 0 Å². The number of halogens is 1. The smallest absolute Gasteiger partial charge is 0.124 e. The van der Waals surface area contributed by atoms with E-state index in [2.05, 4.69) is 15.9 Å². The summed E-state index contributed by atoms with van der Waals surface area (Å²) in [5.74, 6) is 1.24. The Morgan fingerprint density at radius 3 is 2.63 bits per heavy atom. The van der Waals surface area contributed by atoms with Gasteiger partial charge in [-0.15, -0.1) is 11.3 Å². The summed E-state index contributed by atoms with van der Waals surface area (Å²) >= 11 is 5.03. The van der Waals surface area contributed by atoms with Gasteiger partial charge in [0, 0.05) is 16.5 Å². The fourth-order valence-corrected chi connectivity index (χ4v) is 2.91. The highest BCUT2D eigenvalue weighted by Crippen LogP contribution is 2.26. The zero-order chi connectivity index (χ0) is 13.8. The van der Waals surface area contributed by atoms with Crippen molar-refractivity contribution in [3.8, 4) is 11.5 Å². The lowest BCUT2D eigenvalue weighted by molar-refractivity contribution is 0.307. The van der Waals surface area contributed by atoms with Gasteiger partial charge in [0.25, 0.3) is 0 Å². The van der Waals surface area contributed by atoms with E-state index in [1.165, 1.54) is 0 Å². The molecule has 0 fully saturated rings. The van der Waals surface area contributed by atoms with E-state index in [0.717, 1.165) is 8.66 Å². The Morgan fingerprint density at radius 2 is 2.05 bits per heavy atom. The van der Waals surface area contributed by atoms with Crippen LogP contribution in [0.5, 0.6) is 11.5 Å². The third kappa shape index (κ3) is 3.71. The Kier molecular flexibility index (Phi) is 4.44. The molecular weight excluding hydrogens is 328 g/mol. The molecule has 0 amide bonds. The molecule has 0 atom stereocenters. The molecule has 0 radical (unpaired) electrons. The van der Waals surface area contributed by atoms with Crippen LogP contribution in [0.15, 0.2) is 34.1 Å². The molecular formula is C13H13BrN2O2S. The number of benzene rings is 1. The molecule has 3 N–H and O–H groups in total. The molecule has 0 aliphatic heterocycles. The highest BCUT2D eigenvalue weighted by molar-refractivity contribution is 9.11. The molecule has 1 aromatic carbocycles. The van der Waals surface area contributed by atoms with Crippen molar-refractivity contribution in [2.75, 3.05) is 7.11 Å². The molecule has 100 valence electrons. The lowest BCUT2D eigenvalue weighted by Gasteiger charge is -2.09. The third-order valence-corrected chi connectivity index (χ3v) is 4.03. The van der Waals surface area contributed by atoms with Crippen LogP contribution >= 0.6 is 27.3 Å². The first-order valence-corrected chi connectivity index (χ1v) is 7.10. The van der Waals surface area contributed by atoms with Gasteiger partial charge in [-0.2, -0.15) is 0 Å². The van der Waals surface area contributed by atoms with Crippen LogP contribution in [0.3, 0.4) is 0 Å². The number of rotatable bonds is 5. The van der Waals surface area contributed by atoms with E-state index in [1.807, 2.05) is 12.1 Å². The average molecular weight is 341 g/mol. The molecule has 2 aromatic rings. The number of hydrogen-bond acceptors (Lipinski definition) is 4. The number of amidine groups is 1. The Labute approximate surface area is 123 Å². The first-order valence-electron chi connectivity index (χ1n) is 5.49. The zero-order valence-electron chi connectivity index (χ0n) is 10.3. The fraction of sp³-hybridized carbons (Fsp3) is 0.154. The second-order valence-electron chi connectivity index (χ2n) is 3.81. The summed E-state index contributed by atoms with van der Waals surface area (Å²) in [6.45, 7) is 0.473. The number of nitrogens with one attached hydrogen (secondary N) is 1. The number of ether oxygens (including phenoxy) is 2. The van der Waals surface area contributed by atoms with E-state index >= 15 is 0 Å². The molecule has 1 heterocycles. The highest BCUT2D eigenvalue weighted by atomic mass is 79.9. The minimum Gasteiger partial charge on any atom is -0.497 e. The molecule has 0 aliphatic carbocycles. The van der Waals surface area contributed by atoms with Gasteiger partial charge in [-0.25, -0.2) is 0 Å². The maximum Gasteiger partial charge on any atom is 0.124 e. The van der Waals surface area contributed by atoms with Gasteiger partial charge < -0.3 is 15.2 Å². The number of thiophene rings is 1. The monoisotopic (exact) mass is 340 g/mol. The molecule has 2 rings (SSSR count). The van der Waals surface area contributed by atoms with Crippen molar-refractivity contribution in [3.05, 3.63) is 44.6 Å². The normalized spacial score (nSPS) is 10.2. The van der Waals surface area contributed by atoms with Crippen molar-refractivity contribution in [1.29, 1.82) is 5.41 Å². The lowest BCUT2D eigenvalue weighted by atomic mass is 10.2. The van der Waals surface area contributed by atoms with E-state index < -0.39 is 0 Å². The zero-order valence-corrected chi connectivity index (χ0v) is 12.7. The fourth-order valence-electron chi connectivity index (χ4n) is 1.51. The molecule has 0 spiro atoms. The molecule has 0 saturated heterocycles. The van der Waals surface area contributed by atoms with Gasteiger partial charge in [0.2, 0.25) is 0 Å². The molecule has 1 aromatic heterocycles. The lowest BCUT2D eigenvalue weighted by Crippen LogP contribution is -2.11. The number of methoxy groups -OCH3 is 1. The molecule has 4 nitrogen and oxygen atoms in total. The van der Waals surface area contributed by atoms with Crippen molar-refractivity contribution in [3.63, 3.8) is 0 Å². The van der Waals surface area contributed by atoms with E-state index in [1.54, 1.807) is 36.6 Å². The molecule has 0 bridgehead atoms. The minimum atomic E-state index is -0.0115. The number of nitrogens with two attached hydrogens (primary N) is 1. The summed E-state index contributed by atoms with van der Waals surface area (Å²) in [6, 6.07) is 9.19. The van der Waals surface area contributed by atoms with Gasteiger partial charge in [0.15, 0.2) is 0 Å². The van der Waals surface area contributed by atoms with Crippen LogP contribution in [0.1, 0.15) is 10.4 Å². The van der Waals surface area contributed by atoms with Gasteiger partial charge in [0.1, 0.15) is 23.9 Å². The van der Waals surface area contributed by atoms with E-state index in [4.69, 9.17) is 20.6 Å². The molecule has 0 unspecified atom stereocenters. The Balaban J connectivity index is 2.15. The van der Waals surface area contributed by atoms with Gasteiger partial charge in [0.05, 0.1) is 10.9 Å². The summed E-state index contributed by atoms with van der Waals surface area (Å²) in [6.07, 6.45) is 0. The van der Waals surface area contributed by atoms with Crippen LogP contribution in [0.2, 0.25) is 0 Å². The van der Waals surface area contributed by atoms with Crippen molar-refractivity contribution < 1.29 is 9.47 Å². The van der Waals surface area contributed by atoms with E-state index in [0.29, 0.717) is 23.7 Å². The van der Waals surface area contributed by atoms with Crippen molar-refractivity contribution in [2.24, 2.45) is 5.73 Å². The van der Waals surface area contributed by atoms with Gasteiger partial charge >= 0.3 is 0 Å². The molecule has 0 saturated carbocycles. The van der Waals surface area contributed by atoms with Gasteiger partial charge in [-0.05, 0) is 40.2 Å². The molecule has 6 heteroatoms. The first kappa shape index (κ1) is 13.9. The maximum absolute atomic E-state index is 7.47. The van der Waals surface area contributed by atoms with Crippen LogP contribution in [0, 0.1) is 5.41 Å². The minimum absolute atomic E-state index is 0.0115. The van der Waals surface area contributed by atoms with Crippen LogP contribution in [-0.2, 0) is 6.61 Å². The number of hydrogen-bond donors (Lipinski definition) is 2. The van der Waals surface area contributed by atoms with Crippen molar-refractivity contribution in [2.45, 2.75) is 6.61 Å². The average Bonchev–Trinajstić information content (AvgIpc) is 2.81. The SMILES string of the molecule is COc1cc(OCc2ccc(Br)s2)cc(C(=N)N)c1. The second kappa shape index (κ2) is 6.08. The van der Waals surface area contributed by atoms with E-state index in [9.17, 15) is 0 Å². The second-order valence-corrected chi connectivity index (χ2v) is 6.35. The van der Waals surface area contributed by atoms with Gasteiger partial charge in [-0.3, -0.25) is 5.41 Å². The Morgan fingerprint density at radius 1 is 1.32 bits per heavy atom. The number of nitrogen functional groups attached to an aromatic ring is 1. The summed E-state index contributed by atoms with van der Waals surface area (Å²) in [4.78, 5) is 1.11. The highest BCUT2D eigenvalue weighted by Gasteiger charge is 2.06. The maximum atomic E-state index is 7.47. The predicted octanol–water partition coefficient (Wildman–Crippen LogP) is 3.38. The predicted molar refractivity (Wildman–Crippen MR) is 80.4 cm³/mol. The summed E-state index contributed by atoms with van der Waals surface area (Å²) in [5, 5.41) is 7.47. The summed E-state index contributed by atoms with van der Waals surface area (Å²) in [7, 11) is 1.57. The van der Waals surface area contributed by atoms with Crippen molar-refractivity contribution in [1.82, 2.24) is 0 Å². The summed E-state index contributed by atoms with van der Waals surface area (Å²) in [5.41, 5.74) is 6.07. The van der Waals surface area contributed by atoms with E-state index in [-0.39, 0.29) is 5.84 Å². The topological polar surface area (TPSA) is 68.3 Å². The van der Waals surface area contributed by atoms with Crippen LogP contribution < -0.4 is 15.2 Å². The Bertz CT molecular complexity index is 598. The Hall–Kier alpha value is -1.53. The first-order chi connectivity index (χ1) is 9.08. The quantitative estimate of drug-likeness (QED) is 0.647. The van der Waals surface area contributed by atoms with Gasteiger partial charge in [-0.1, -0.05) is 0 Å². The largest absolute Gasteiger partial charge is 0.497 e. The van der Waals surface area contributed by atoms with Crippen LogP contribution in [-0.4, -0.2) is 12.9 Å². The standard InChI is InChI=1S/C13H13BrN2O2S/c1-17-9-4-8(13(15)16)5-10(6-9)18-7-11-2-3-12(14)19-11/h2-6H,7H2,1H3,(H3,15,16). The van der Waals surface area contributed by atoms with Crippen molar-refractivity contribution >= 4 is 33.1 Å².